The lowest BCUT2D eigenvalue weighted by Gasteiger charge is -2.59. The Balaban J connectivity index is 0.000000209. The van der Waals surface area contributed by atoms with E-state index in [1.807, 2.05) is 0 Å². The summed E-state index contributed by atoms with van der Waals surface area (Å²) in [6, 6.07) is 0. The summed E-state index contributed by atoms with van der Waals surface area (Å²) in [6.07, 6.45) is 8.57. The monoisotopic (exact) mass is 277 g/mol. The Labute approximate surface area is 109 Å². The highest BCUT2D eigenvalue weighted by Crippen LogP contribution is 2.58. The molecule has 4 aliphatic carbocycles. The molecule has 0 aromatic heterocycles. The minimum absolute atomic E-state index is 0.243. The van der Waals surface area contributed by atoms with Crippen LogP contribution in [0.15, 0.2) is 0 Å². The van der Waals surface area contributed by atoms with Crippen molar-refractivity contribution in [1.82, 2.24) is 0 Å². The molecular weight excluding hydrogens is 254 g/mol. The average Bonchev–Trinajstić information content (AvgIpc) is 2.22. The summed E-state index contributed by atoms with van der Waals surface area (Å²) in [5.41, 5.74) is 6.83. The molecule has 0 saturated heterocycles. The summed E-state index contributed by atoms with van der Waals surface area (Å²) in [5, 5.41) is 0. The standard InChI is InChI=1S/C12H21N.H2O4S/c1-2-12(13)10-4-8-3-9(6-10)7-11(12)5-8;1-5(2,3)4/h8-11H,2-7,13H2,1H3;(H2,1,2,3,4). The van der Waals surface area contributed by atoms with Gasteiger partial charge in [-0.1, -0.05) is 6.92 Å². The van der Waals surface area contributed by atoms with E-state index in [2.05, 4.69) is 6.92 Å². The van der Waals surface area contributed by atoms with Gasteiger partial charge < -0.3 is 5.73 Å². The molecule has 4 aliphatic rings. The van der Waals surface area contributed by atoms with Gasteiger partial charge >= 0.3 is 10.4 Å². The lowest BCUT2D eigenvalue weighted by atomic mass is 9.48. The van der Waals surface area contributed by atoms with E-state index >= 15 is 0 Å². The second-order valence-corrected chi connectivity index (χ2v) is 7.11. The summed E-state index contributed by atoms with van der Waals surface area (Å²) in [5.74, 6) is 3.89. The van der Waals surface area contributed by atoms with Crippen molar-refractivity contribution in [3.05, 3.63) is 0 Å². The molecule has 0 aromatic rings. The van der Waals surface area contributed by atoms with E-state index < -0.39 is 10.4 Å². The van der Waals surface area contributed by atoms with Crippen LogP contribution in [0.1, 0.15) is 45.4 Å². The van der Waals surface area contributed by atoms with Crippen LogP contribution in [0.5, 0.6) is 0 Å². The second kappa shape index (κ2) is 4.74. The molecule has 4 fully saturated rings. The fourth-order valence-electron chi connectivity index (χ4n) is 4.64. The van der Waals surface area contributed by atoms with Crippen LogP contribution in [-0.2, 0) is 10.4 Å². The van der Waals surface area contributed by atoms with E-state index in [1.165, 1.54) is 38.5 Å². The zero-order valence-corrected chi connectivity index (χ0v) is 11.6. The average molecular weight is 277 g/mol. The summed E-state index contributed by atoms with van der Waals surface area (Å²) in [6.45, 7) is 2.29. The molecule has 0 radical (unpaired) electrons. The molecule has 4 N–H and O–H groups in total. The van der Waals surface area contributed by atoms with Crippen LogP contribution in [0.2, 0.25) is 0 Å². The Kier molecular flexibility index (Phi) is 3.75. The zero-order chi connectivity index (χ0) is 13.6. The van der Waals surface area contributed by atoms with Gasteiger partial charge in [0.2, 0.25) is 0 Å². The fraction of sp³-hybridized carbons (Fsp3) is 1.00. The predicted octanol–water partition coefficient (Wildman–Crippen LogP) is 1.90. The lowest BCUT2D eigenvalue weighted by Crippen LogP contribution is -2.62. The Morgan fingerprint density at radius 3 is 1.67 bits per heavy atom. The van der Waals surface area contributed by atoms with Crippen molar-refractivity contribution in [3.63, 3.8) is 0 Å². The Morgan fingerprint density at radius 1 is 1.06 bits per heavy atom. The van der Waals surface area contributed by atoms with Crippen LogP contribution < -0.4 is 5.73 Å². The molecular formula is C12H23NO4S. The quantitative estimate of drug-likeness (QED) is 0.635. The van der Waals surface area contributed by atoms with E-state index in [0.717, 1.165) is 23.7 Å². The third-order valence-corrected chi connectivity index (χ3v) is 5.27. The van der Waals surface area contributed by atoms with Gasteiger partial charge in [-0.05, 0) is 62.2 Å². The molecule has 5 nitrogen and oxygen atoms in total. The molecule has 0 heterocycles. The molecule has 0 spiro atoms. The van der Waals surface area contributed by atoms with Crippen molar-refractivity contribution in [3.8, 4) is 0 Å². The van der Waals surface area contributed by atoms with Crippen molar-refractivity contribution < 1.29 is 17.5 Å². The highest BCUT2D eigenvalue weighted by molar-refractivity contribution is 7.79. The van der Waals surface area contributed by atoms with E-state index in [1.54, 1.807) is 0 Å². The number of nitrogens with two attached hydrogens (primary N) is 1. The van der Waals surface area contributed by atoms with Crippen molar-refractivity contribution >= 4 is 10.4 Å². The van der Waals surface area contributed by atoms with Gasteiger partial charge in [-0.3, -0.25) is 9.11 Å². The number of rotatable bonds is 1. The van der Waals surface area contributed by atoms with E-state index in [0.29, 0.717) is 0 Å². The minimum atomic E-state index is -4.67. The maximum Gasteiger partial charge on any atom is 0.394 e. The molecule has 4 saturated carbocycles. The van der Waals surface area contributed by atoms with Crippen LogP contribution >= 0.6 is 0 Å². The van der Waals surface area contributed by atoms with Gasteiger partial charge in [-0.2, -0.15) is 8.42 Å². The number of hydrogen-bond donors (Lipinski definition) is 3. The van der Waals surface area contributed by atoms with Gasteiger partial charge in [-0.25, -0.2) is 0 Å². The number of hydrogen-bond acceptors (Lipinski definition) is 3. The van der Waals surface area contributed by atoms with Crippen molar-refractivity contribution in [2.45, 2.75) is 51.0 Å². The van der Waals surface area contributed by atoms with E-state index in [9.17, 15) is 0 Å². The third-order valence-electron chi connectivity index (χ3n) is 5.27. The van der Waals surface area contributed by atoms with Crippen molar-refractivity contribution in [2.24, 2.45) is 29.4 Å². The first-order chi connectivity index (χ1) is 8.22. The molecule has 0 atom stereocenters. The maximum atomic E-state index is 8.74. The molecule has 106 valence electrons. The van der Waals surface area contributed by atoms with Gasteiger partial charge in [0.1, 0.15) is 0 Å². The van der Waals surface area contributed by atoms with Crippen LogP contribution in [0, 0.1) is 23.7 Å². The van der Waals surface area contributed by atoms with Gasteiger partial charge in [0.15, 0.2) is 0 Å². The van der Waals surface area contributed by atoms with Crippen molar-refractivity contribution in [1.29, 1.82) is 0 Å². The highest BCUT2D eigenvalue weighted by Gasteiger charge is 2.54. The molecule has 4 rings (SSSR count). The third kappa shape index (κ3) is 2.87. The Morgan fingerprint density at radius 2 is 1.39 bits per heavy atom. The normalized spacial score (nSPS) is 45.6. The van der Waals surface area contributed by atoms with E-state index in [-0.39, 0.29) is 5.54 Å². The Hall–Kier alpha value is -0.170. The van der Waals surface area contributed by atoms with Crippen LogP contribution in [0.3, 0.4) is 0 Å². The molecule has 4 bridgehead atoms. The topological polar surface area (TPSA) is 101 Å². The van der Waals surface area contributed by atoms with Crippen molar-refractivity contribution in [2.75, 3.05) is 0 Å². The molecule has 0 unspecified atom stereocenters. The fourth-order valence-corrected chi connectivity index (χ4v) is 4.64. The smallest absolute Gasteiger partial charge is 0.325 e. The maximum absolute atomic E-state index is 8.74. The lowest BCUT2D eigenvalue weighted by molar-refractivity contribution is -0.0566. The summed E-state index contributed by atoms with van der Waals surface area (Å²) in [4.78, 5) is 0. The zero-order valence-electron chi connectivity index (χ0n) is 10.7. The first-order valence-electron chi connectivity index (χ1n) is 6.71. The minimum Gasteiger partial charge on any atom is -0.325 e. The van der Waals surface area contributed by atoms with Crippen LogP contribution in [0.25, 0.3) is 0 Å². The molecule has 6 heteroatoms. The van der Waals surface area contributed by atoms with Crippen LogP contribution in [-0.4, -0.2) is 23.1 Å². The SMILES string of the molecule is CCC1(N)C2CC3CC(C2)CC1C3.O=S(=O)(O)O. The van der Waals surface area contributed by atoms with Gasteiger partial charge in [0.25, 0.3) is 0 Å². The molecule has 0 amide bonds. The first-order valence-corrected chi connectivity index (χ1v) is 8.10. The summed E-state index contributed by atoms with van der Waals surface area (Å²) >= 11 is 0. The molecule has 0 aromatic carbocycles. The molecule has 0 aliphatic heterocycles. The first kappa shape index (κ1) is 14.2. The van der Waals surface area contributed by atoms with Gasteiger partial charge in [-0.15, -0.1) is 0 Å². The second-order valence-electron chi connectivity index (χ2n) is 6.22. The van der Waals surface area contributed by atoms with Crippen LogP contribution in [0.4, 0.5) is 0 Å². The highest BCUT2D eigenvalue weighted by atomic mass is 32.3. The largest absolute Gasteiger partial charge is 0.394 e. The van der Waals surface area contributed by atoms with Gasteiger partial charge in [0, 0.05) is 5.54 Å². The van der Waals surface area contributed by atoms with E-state index in [4.69, 9.17) is 23.3 Å². The predicted molar refractivity (Wildman–Crippen MR) is 68.4 cm³/mol. The molecule has 18 heavy (non-hydrogen) atoms. The summed E-state index contributed by atoms with van der Waals surface area (Å²) in [7, 11) is -4.67. The Bertz CT molecular complexity index is 370. The van der Waals surface area contributed by atoms with Gasteiger partial charge in [0.05, 0.1) is 0 Å². The summed E-state index contributed by atoms with van der Waals surface area (Å²) < 4.78 is 31.6.